The van der Waals surface area contributed by atoms with Crippen LogP contribution in [0.4, 0.5) is 0 Å². The first-order valence-corrected chi connectivity index (χ1v) is 6.41. The summed E-state index contributed by atoms with van der Waals surface area (Å²) in [6.07, 6.45) is 1.40. The number of furan rings is 1. The molecule has 104 valence electrons. The Bertz CT molecular complexity index is 444. The van der Waals surface area contributed by atoms with E-state index in [9.17, 15) is 9.59 Å². The highest BCUT2D eigenvalue weighted by Crippen LogP contribution is 2.06. The molecule has 0 saturated carbocycles. The average Bonchev–Trinajstić information content (AvgIpc) is 2.87. The van der Waals surface area contributed by atoms with Crippen LogP contribution in [0.15, 0.2) is 22.8 Å². The van der Waals surface area contributed by atoms with E-state index in [0.29, 0.717) is 6.04 Å². The monoisotopic (exact) mass is 265 g/mol. The lowest BCUT2D eigenvalue weighted by molar-refractivity contribution is -0.122. The summed E-state index contributed by atoms with van der Waals surface area (Å²) in [6, 6.07) is 3.77. The molecular formula is C13H19N3O3. The van der Waals surface area contributed by atoms with Crippen molar-refractivity contribution in [2.75, 3.05) is 19.6 Å². The van der Waals surface area contributed by atoms with Gasteiger partial charge in [0, 0.05) is 25.2 Å². The van der Waals surface area contributed by atoms with Crippen LogP contribution in [0.3, 0.4) is 0 Å². The molecule has 2 unspecified atom stereocenters. The number of carbonyl (C=O) groups is 2. The molecule has 2 N–H and O–H groups in total. The third-order valence-corrected chi connectivity index (χ3v) is 3.24. The van der Waals surface area contributed by atoms with Gasteiger partial charge < -0.3 is 9.73 Å². The number of hydrogen-bond acceptors (Lipinski definition) is 5. The van der Waals surface area contributed by atoms with Gasteiger partial charge in [0.2, 0.25) is 5.91 Å². The van der Waals surface area contributed by atoms with Crippen molar-refractivity contribution in [3.8, 4) is 0 Å². The number of nitrogens with one attached hydrogen (secondary N) is 2. The summed E-state index contributed by atoms with van der Waals surface area (Å²) in [6.45, 7) is 6.00. The number of nitrogens with zero attached hydrogens (tertiary/aromatic N) is 1. The van der Waals surface area contributed by atoms with Crippen molar-refractivity contribution < 1.29 is 14.0 Å². The highest BCUT2D eigenvalue weighted by Gasteiger charge is 2.24. The molecule has 2 amide bonds. The first kappa shape index (κ1) is 13.8. The molecule has 2 heterocycles. The number of rotatable bonds is 3. The van der Waals surface area contributed by atoms with Crippen LogP contribution >= 0.6 is 0 Å². The molecule has 19 heavy (non-hydrogen) atoms. The van der Waals surface area contributed by atoms with Gasteiger partial charge in [-0.3, -0.25) is 19.8 Å². The zero-order chi connectivity index (χ0) is 13.8. The van der Waals surface area contributed by atoms with Gasteiger partial charge in [-0.1, -0.05) is 0 Å². The molecule has 0 aromatic carbocycles. The molecule has 1 aromatic heterocycles. The molecule has 0 radical (unpaired) electrons. The Hall–Kier alpha value is -1.66. The summed E-state index contributed by atoms with van der Waals surface area (Å²) >= 11 is 0. The van der Waals surface area contributed by atoms with Crippen LogP contribution in [0.25, 0.3) is 0 Å². The van der Waals surface area contributed by atoms with E-state index in [1.165, 1.54) is 12.3 Å². The number of piperazine rings is 1. The minimum absolute atomic E-state index is 0.148. The highest BCUT2D eigenvalue weighted by atomic mass is 16.3. The Morgan fingerprint density at radius 1 is 1.53 bits per heavy atom. The lowest BCUT2D eigenvalue weighted by atomic mass is 10.1. The predicted molar refractivity (Wildman–Crippen MR) is 69.7 cm³/mol. The van der Waals surface area contributed by atoms with Crippen molar-refractivity contribution in [2.45, 2.75) is 25.9 Å². The Morgan fingerprint density at radius 2 is 2.32 bits per heavy atom. The topological polar surface area (TPSA) is 74.6 Å². The molecule has 1 fully saturated rings. The van der Waals surface area contributed by atoms with Gasteiger partial charge in [-0.15, -0.1) is 0 Å². The molecule has 6 heteroatoms. The van der Waals surface area contributed by atoms with Gasteiger partial charge in [0.25, 0.3) is 5.91 Å². The van der Waals surface area contributed by atoms with Crippen LogP contribution in [0, 0.1) is 0 Å². The van der Waals surface area contributed by atoms with Crippen molar-refractivity contribution in [3.63, 3.8) is 0 Å². The van der Waals surface area contributed by atoms with Crippen molar-refractivity contribution in [1.29, 1.82) is 0 Å². The number of hydrogen-bond donors (Lipinski definition) is 2. The van der Waals surface area contributed by atoms with Crippen LogP contribution < -0.4 is 10.6 Å². The second-order valence-electron chi connectivity index (χ2n) is 4.94. The fraction of sp³-hybridized carbons (Fsp3) is 0.538. The molecule has 1 saturated heterocycles. The maximum absolute atomic E-state index is 11.8. The van der Waals surface area contributed by atoms with Gasteiger partial charge in [0.15, 0.2) is 5.76 Å². The van der Waals surface area contributed by atoms with E-state index in [0.717, 1.165) is 13.1 Å². The van der Waals surface area contributed by atoms with Gasteiger partial charge in [-0.05, 0) is 26.0 Å². The van der Waals surface area contributed by atoms with Crippen molar-refractivity contribution in [2.24, 2.45) is 0 Å². The summed E-state index contributed by atoms with van der Waals surface area (Å²) in [7, 11) is 0. The van der Waals surface area contributed by atoms with Gasteiger partial charge >= 0.3 is 0 Å². The van der Waals surface area contributed by atoms with Crippen molar-refractivity contribution >= 4 is 11.8 Å². The Morgan fingerprint density at radius 3 is 3.00 bits per heavy atom. The number of imide groups is 1. The first-order valence-electron chi connectivity index (χ1n) is 6.41. The molecule has 1 aliphatic heterocycles. The van der Waals surface area contributed by atoms with E-state index in [4.69, 9.17) is 4.42 Å². The third-order valence-electron chi connectivity index (χ3n) is 3.24. The minimum Gasteiger partial charge on any atom is -0.459 e. The largest absolute Gasteiger partial charge is 0.459 e. The summed E-state index contributed by atoms with van der Waals surface area (Å²) in [4.78, 5) is 25.5. The van der Waals surface area contributed by atoms with Crippen LogP contribution in [-0.4, -0.2) is 48.4 Å². The van der Waals surface area contributed by atoms with E-state index in [1.54, 1.807) is 6.07 Å². The molecule has 2 atom stereocenters. The summed E-state index contributed by atoms with van der Waals surface area (Å²) in [5.41, 5.74) is 0. The molecule has 1 aliphatic rings. The maximum Gasteiger partial charge on any atom is 0.293 e. The molecule has 2 rings (SSSR count). The predicted octanol–water partition coefficient (Wildman–Crippen LogP) is 0.218. The molecule has 1 aromatic rings. The SMILES string of the molecule is CC1CN(CC(=O)NC(=O)c2ccco2)C(C)CN1. The van der Waals surface area contributed by atoms with Crippen molar-refractivity contribution in [1.82, 2.24) is 15.5 Å². The van der Waals surface area contributed by atoms with Crippen LogP contribution in [0.2, 0.25) is 0 Å². The van der Waals surface area contributed by atoms with Crippen LogP contribution in [0.1, 0.15) is 24.4 Å². The molecule has 0 spiro atoms. The molecule has 0 aliphatic carbocycles. The Kier molecular flexibility index (Phi) is 4.34. The number of carbonyl (C=O) groups excluding carboxylic acids is 2. The normalized spacial score (nSPS) is 24.1. The summed E-state index contributed by atoms with van der Waals surface area (Å²) in [5, 5.41) is 5.67. The maximum atomic E-state index is 11.8. The summed E-state index contributed by atoms with van der Waals surface area (Å²) < 4.78 is 4.94. The van der Waals surface area contributed by atoms with Gasteiger partial charge in [-0.25, -0.2) is 0 Å². The van der Waals surface area contributed by atoms with E-state index in [-0.39, 0.29) is 24.3 Å². The Balaban J connectivity index is 1.85. The van der Waals surface area contributed by atoms with Gasteiger partial charge in [0.05, 0.1) is 12.8 Å². The van der Waals surface area contributed by atoms with E-state index in [1.807, 2.05) is 0 Å². The average molecular weight is 265 g/mol. The zero-order valence-corrected chi connectivity index (χ0v) is 11.2. The fourth-order valence-electron chi connectivity index (χ4n) is 2.14. The molecule has 6 nitrogen and oxygen atoms in total. The minimum atomic E-state index is -0.495. The Labute approximate surface area is 112 Å². The van der Waals surface area contributed by atoms with Gasteiger partial charge in [-0.2, -0.15) is 0 Å². The quantitative estimate of drug-likeness (QED) is 0.817. The van der Waals surface area contributed by atoms with Crippen molar-refractivity contribution in [3.05, 3.63) is 24.2 Å². The first-order chi connectivity index (χ1) is 9.06. The summed E-state index contributed by atoms with van der Waals surface area (Å²) in [5.74, 6) is -0.650. The van der Waals surface area contributed by atoms with E-state index < -0.39 is 5.91 Å². The standard InChI is InChI=1S/C13H19N3O3/c1-9-7-16(10(2)6-14-9)8-12(17)15-13(18)11-4-3-5-19-11/h3-5,9-10,14H,6-8H2,1-2H3,(H,15,17,18). The van der Waals surface area contributed by atoms with E-state index >= 15 is 0 Å². The molecular weight excluding hydrogens is 246 g/mol. The van der Waals surface area contributed by atoms with Crippen LogP contribution in [-0.2, 0) is 4.79 Å². The highest BCUT2D eigenvalue weighted by molar-refractivity contribution is 6.03. The number of amides is 2. The second kappa shape index (κ2) is 5.99. The lowest BCUT2D eigenvalue weighted by Gasteiger charge is -2.36. The van der Waals surface area contributed by atoms with Gasteiger partial charge in [0.1, 0.15) is 0 Å². The van der Waals surface area contributed by atoms with E-state index in [2.05, 4.69) is 29.4 Å². The third kappa shape index (κ3) is 3.65. The fourth-order valence-corrected chi connectivity index (χ4v) is 2.14. The smallest absolute Gasteiger partial charge is 0.293 e. The second-order valence-corrected chi connectivity index (χ2v) is 4.94. The molecule has 0 bridgehead atoms. The van der Waals surface area contributed by atoms with Crippen LogP contribution in [0.5, 0.6) is 0 Å². The lowest BCUT2D eigenvalue weighted by Crippen LogP contribution is -2.56. The zero-order valence-electron chi connectivity index (χ0n) is 11.2.